The number of hydrogen-bond acceptors (Lipinski definition) is 3. The van der Waals surface area contributed by atoms with Gasteiger partial charge in [0.25, 0.3) is 0 Å². The first kappa shape index (κ1) is 17.3. The topological polar surface area (TPSA) is 32.3 Å². The average molecular weight is 356 g/mol. The Morgan fingerprint density at radius 2 is 1.56 bits per heavy atom. The molecule has 1 aliphatic heterocycles. The number of carbonyl (C=O) groups is 1. The van der Waals surface area contributed by atoms with Gasteiger partial charge in [-0.15, -0.1) is 0 Å². The molecule has 0 fully saturated rings. The fraction of sp³-hybridized carbons (Fsp3) is 0.208. The molecule has 0 bridgehead atoms. The normalized spacial score (nSPS) is 18.6. The van der Waals surface area contributed by atoms with Crippen molar-refractivity contribution in [1.29, 1.82) is 0 Å². The smallest absolute Gasteiger partial charge is 0.182 e. The molecule has 3 nitrogen and oxygen atoms in total. The molecule has 0 saturated heterocycles. The van der Waals surface area contributed by atoms with Gasteiger partial charge >= 0.3 is 0 Å². The van der Waals surface area contributed by atoms with E-state index in [0.29, 0.717) is 6.54 Å². The molecule has 1 aliphatic rings. The molecule has 0 unspecified atom stereocenters. The van der Waals surface area contributed by atoms with Crippen LogP contribution in [-0.2, 0) is 0 Å². The number of para-hydroxylation sites is 2. The molecular formula is C24H24N2O. The van der Waals surface area contributed by atoms with Crippen LogP contribution in [0.2, 0.25) is 0 Å². The fourth-order valence-electron chi connectivity index (χ4n) is 3.86. The highest BCUT2D eigenvalue weighted by atomic mass is 16.1. The summed E-state index contributed by atoms with van der Waals surface area (Å²) in [6.45, 7) is 2.61. The summed E-state index contributed by atoms with van der Waals surface area (Å²) < 4.78 is 0. The van der Waals surface area contributed by atoms with Crippen molar-refractivity contribution in [2.75, 3.05) is 16.8 Å². The summed E-state index contributed by atoms with van der Waals surface area (Å²) in [6, 6.07) is 28.8. The maximum Gasteiger partial charge on any atom is 0.182 e. The van der Waals surface area contributed by atoms with Crippen molar-refractivity contribution in [2.45, 2.75) is 25.4 Å². The van der Waals surface area contributed by atoms with Gasteiger partial charge in [0.2, 0.25) is 0 Å². The van der Waals surface area contributed by atoms with Gasteiger partial charge in [-0.2, -0.15) is 0 Å². The Labute approximate surface area is 160 Å². The SMILES string of the molecule is C[C@H]1C[C@H](Nc2ccccc2)c2ccccc2N1CC(=O)c1ccccc1. The van der Waals surface area contributed by atoms with Crippen LogP contribution >= 0.6 is 0 Å². The van der Waals surface area contributed by atoms with Gasteiger partial charge in [0.15, 0.2) is 5.78 Å². The Kier molecular flexibility index (Phi) is 4.93. The molecule has 4 rings (SSSR count). The molecule has 0 saturated carbocycles. The molecule has 3 heteroatoms. The van der Waals surface area contributed by atoms with Gasteiger partial charge in [-0.3, -0.25) is 4.79 Å². The zero-order valence-corrected chi connectivity index (χ0v) is 15.5. The molecule has 0 radical (unpaired) electrons. The van der Waals surface area contributed by atoms with Crippen molar-refractivity contribution in [3.63, 3.8) is 0 Å². The van der Waals surface area contributed by atoms with Crippen LogP contribution in [0.25, 0.3) is 0 Å². The quantitative estimate of drug-likeness (QED) is 0.628. The van der Waals surface area contributed by atoms with Crippen LogP contribution in [0.4, 0.5) is 11.4 Å². The third-order valence-electron chi connectivity index (χ3n) is 5.25. The fourth-order valence-corrected chi connectivity index (χ4v) is 3.86. The van der Waals surface area contributed by atoms with Gasteiger partial charge < -0.3 is 10.2 Å². The number of carbonyl (C=O) groups excluding carboxylic acids is 1. The lowest BCUT2D eigenvalue weighted by Gasteiger charge is -2.41. The second-order valence-electron chi connectivity index (χ2n) is 7.12. The highest BCUT2D eigenvalue weighted by Crippen LogP contribution is 2.38. The molecule has 1 heterocycles. The Morgan fingerprint density at radius 1 is 0.926 bits per heavy atom. The molecular weight excluding hydrogens is 332 g/mol. The van der Waals surface area contributed by atoms with Crippen molar-refractivity contribution in [3.05, 3.63) is 96.1 Å². The summed E-state index contributed by atoms with van der Waals surface area (Å²) >= 11 is 0. The Balaban J connectivity index is 1.60. The van der Waals surface area contributed by atoms with E-state index in [0.717, 1.165) is 23.4 Å². The molecule has 0 aliphatic carbocycles. The van der Waals surface area contributed by atoms with E-state index in [9.17, 15) is 4.79 Å². The minimum absolute atomic E-state index is 0.159. The number of rotatable bonds is 5. The van der Waals surface area contributed by atoms with Crippen molar-refractivity contribution in [1.82, 2.24) is 0 Å². The maximum atomic E-state index is 12.8. The van der Waals surface area contributed by atoms with E-state index in [1.165, 1.54) is 5.56 Å². The van der Waals surface area contributed by atoms with Gasteiger partial charge in [0, 0.05) is 23.0 Å². The lowest BCUT2D eigenvalue weighted by Crippen LogP contribution is -2.43. The second kappa shape index (κ2) is 7.67. The Hall–Kier alpha value is -3.07. The second-order valence-corrected chi connectivity index (χ2v) is 7.12. The first-order valence-corrected chi connectivity index (χ1v) is 9.48. The van der Waals surface area contributed by atoms with Crippen LogP contribution in [0.5, 0.6) is 0 Å². The number of nitrogens with one attached hydrogen (secondary N) is 1. The molecule has 2 atom stereocenters. The van der Waals surface area contributed by atoms with Crippen molar-refractivity contribution in [2.24, 2.45) is 0 Å². The third kappa shape index (κ3) is 3.72. The van der Waals surface area contributed by atoms with Gasteiger partial charge in [-0.05, 0) is 37.1 Å². The summed E-state index contributed by atoms with van der Waals surface area (Å²) in [5.41, 5.74) is 4.29. The number of anilines is 2. The van der Waals surface area contributed by atoms with E-state index in [-0.39, 0.29) is 17.9 Å². The number of nitrogens with zero attached hydrogens (tertiary/aromatic N) is 1. The predicted octanol–water partition coefficient (Wildman–Crippen LogP) is 5.32. The minimum atomic E-state index is 0.159. The zero-order chi connectivity index (χ0) is 18.6. The molecule has 27 heavy (non-hydrogen) atoms. The van der Waals surface area contributed by atoms with Crippen LogP contribution in [0, 0.1) is 0 Å². The van der Waals surface area contributed by atoms with Crippen molar-refractivity contribution >= 4 is 17.2 Å². The van der Waals surface area contributed by atoms with Gasteiger partial charge in [-0.1, -0.05) is 66.7 Å². The molecule has 3 aromatic rings. The van der Waals surface area contributed by atoms with Crippen LogP contribution in [0.15, 0.2) is 84.9 Å². The summed E-state index contributed by atoms with van der Waals surface area (Å²) in [7, 11) is 0. The first-order valence-electron chi connectivity index (χ1n) is 9.48. The molecule has 1 N–H and O–H groups in total. The van der Waals surface area contributed by atoms with E-state index in [2.05, 4.69) is 53.5 Å². The predicted molar refractivity (Wildman–Crippen MR) is 111 cm³/mol. The summed E-state index contributed by atoms with van der Waals surface area (Å²) in [4.78, 5) is 15.0. The van der Waals surface area contributed by atoms with Crippen LogP contribution < -0.4 is 10.2 Å². The highest BCUT2D eigenvalue weighted by molar-refractivity contribution is 5.99. The van der Waals surface area contributed by atoms with E-state index < -0.39 is 0 Å². The molecule has 3 aromatic carbocycles. The number of hydrogen-bond donors (Lipinski definition) is 1. The summed E-state index contributed by atoms with van der Waals surface area (Å²) in [5, 5.41) is 3.66. The van der Waals surface area contributed by atoms with Crippen LogP contribution in [-0.4, -0.2) is 18.4 Å². The first-order chi connectivity index (χ1) is 13.2. The number of Topliss-reactive ketones (excluding diaryl/α,β-unsaturated/α-hetero) is 1. The molecule has 0 amide bonds. The monoisotopic (exact) mass is 356 g/mol. The lowest BCUT2D eigenvalue weighted by molar-refractivity contribution is 0.0996. The Morgan fingerprint density at radius 3 is 2.30 bits per heavy atom. The number of ketones is 1. The summed E-state index contributed by atoms with van der Waals surface area (Å²) in [5.74, 6) is 0.159. The zero-order valence-electron chi connectivity index (χ0n) is 15.5. The van der Waals surface area contributed by atoms with E-state index in [1.54, 1.807) is 0 Å². The van der Waals surface area contributed by atoms with Gasteiger partial charge in [0.05, 0.1) is 12.6 Å². The average Bonchev–Trinajstić information content (AvgIpc) is 2.72. The minimum Gasteiger partial charge on any atom is -0.378 e. The van der Waals surface area contributed by atoms with Crippen molar-refractivity contribution < 1.29 is 4.79 Å². The largest absolute Gasteiger partial charge is 0.378 e. The lowest BCUT2D eigenvalue weighted by atomic mass is 9.91. The molecule has 0 spiro atoms. The van der Waals surface area contributed by atoms with Gasteiger partial charge in [-0.25, -0.2) is 0 Å². The van der Waals surface area contributed by atoms with E-state index in [1.807, 2.05) is 48.5 Å². The molecule has 136 valence electrons. The van der Waals surface area contributed by atoms with Gasteiger partial charge in [0.1, 0.15) is 0 Å². The standard InChI is InChI=1S/C24H24N2O/c1-18-16-22(25-20-12-6-3-7-13-20)21-14-8-9-15-23(21)26(18)17-24(27)19-10-4-2-5-11-19/h2-15,18,22,25H,16-17H2,1H3/t18-,22-/m0/s1. The third-order valence-corrected chi connectivity index (χ3v) is 5.25. The number of benzene rings is 3. The maximum absolute atomic E-state index is 12.8. The number of fused-ring (bicyclic) bond motifs is 1. The van der Waals surface area contributed by atoms with E-state index >= 15 is 0 Å². The van der Waals surface area contributed by atoms with Crippen LogP contribution in [0.1, 0.15) is 35.3 Å². The Bertz CT molecular complexity index is 908. The van der Waals surface area contributed by atoms with E-state index in [4.69, 9.17) is 0 Å². The van der Waals surface area contributed by atoms with Crippen LogP contribution in [0.3, 0.4) is 0 Å². The van der Waals surface area contributed by atoms with Crippen molar-refractivity contribution in [3.8, 4) is 0 Å². The summed E-state index contributed by atoms with van der Waals surface area (Å²) in [6.07, 6.45) is 0.952. The molecule has 0 aromatic heterocycles. The highest BCUT2D eigenvalue weighted by Gasteiger charge is 2.31.